The number of aromatic amines is 1. The fraction of sp³-hybridized carbons (Fsp3) is 0.111. The Kier molecular flexibility index (Phi) is 3.26. The number of hydrogen-bond acceptors (Lipinski definition) is 4. The summed E-state index contributed by atoms with van der Waals surface area (Å²) in [5, 5.41) is 9.22. The first kappa shape index (κ1) is 14.4. The van der Waals surface area contributed by atoms with Gasteiger partial charge in [0.05, 0.1) is 11.1 Å². The molecule has 0 fully saturated rings. The Morgan fingerprint density at radius 1 is 1.25 bits per heavy atom. The molecule has 0 saturated heterocycles. The predicted octanol–water partition coefficient (Wildman–Crippen LogP) is 1.28. The van der Waals surface area contributed by atoms with Crippen molar-refractivity contribution in [3.05, 3.63) is 29.6 Å². The van der Waals surface area contributed by atoms with Crippen LogP contribution in [0.1, 0.15) is 5.56 Å². The number of hydrogen-bond donors (Lipinski definition) is 2. The van der Waals surface area contributed by atoms with Gasteiger partial charge in [0.2, 0.25) is 0 Å². The molecule has 2 aromatic rings. The van der Waals surface area contributed by atoms with Crippen LogP contribution in [0.5, 0.6) is 0 Å². The number of rotatable bonds is 2. The quantitative estimate of drug-likeness (QED) is 0.816. The summed E-state index contributed by atoms with van der Waals surface area (Å²) in [6.07, 6.45) is -4.89. The third-order valence-electron chi connectivity index (χ3n) is 2.28. The third-order valence-corrected chi connectivity index (χ3v) is 3.00. The molecule has 1 heterocycles. The summed E-state index contributed by atoms with van der Waals surface area (Å²) in [5.74, 6) is -2.14. The number of nitrogens with two attached hydrogens (primary N) is 1. The lowest BCUT2D eigenvalue weighted by molar-refractivity contribution is -0.139. The summed E-state index contributed by atoms with van der Waals surface area (Å²) in [6, 6.07) is 2.49. The van der Waals surface area contributed by atoms with Gasteiger partial charge in [0, 0.05) is 0 Å². The number of benzene rings is 1. The molecular formula is C9H6F4N4O2S. The van der Waals surface area contributed by atoms with E-state index >= 15 is 0 Å². The van der Waals surface area contributed by atoms with Crippen molar-refractivity contribution in [2.45, 2.75) is 11.3 Å². The third kappa shape index (κ3) is 2.63. The minimum atomic E-state index is -4.89. The highest BCUT2D eigenvalue weighted by atomic mass is 32.2. The molecule has 0 atom stereocenters. The van der Waals surface area contributed by atoms with Gasteiger partial charge in [-0.05, 0) is 12.1 Å². The molecule has 0 amide bonds. The maximum absolute atomic E-state index is 13.8. The molecule has 2 rings (SSSR count). The molecule has 0 spiro atoms. The van der Waals surface area contributed by atoms with Crippen LogP contribution in [0, 0.1) is 5.82 Å². The average Bonchev–Trinajstić information content (AvgIpc) is 2.76. The number of sulfonamides is 1. The van der Waals surface area contributed by atoms with E-state index in [0.717, 1.165) is 12.1 Å². The molecule has 0 radical (unpaired) electrons. The van der Waals surface area contributed by atoms with Gasteiger partial charge in [-0.2, -0.15) is 23.3 Å². The molecule has 0 bridgehead atoms. The first-order chi connectivity index (χ1) is 9.10. The predicted molar refractivity (Wildman–Crippen MR) is 58.2 cm³/mol. The fourth-order valence-corrected chi connectivity index (χ4v) is 1.80. The Hall–Kier alpha value is -2.01. The normalized spacial score (nSPS) is 12.7. The number of aromatic nitrogens is 3. The molecule has 0 aliphatic heterocycles. The van der Waals surface area contributed by atoms with Gasteiger partial charge < -0.3 is 0 Å². The minimum Gasteiger partial charge on any atom is -0.248 e. The van der Waals surface area contributed by atoms with Crippen LogP contribution in [-0.2, 0) is 16.2 Å². The molecule has 0 unspecified atom stereocenters. The molecular weight excluding hydrogens is 304 g/mol. The Morgan fingerprint density at radius 2 is 1.90 bits per heavy atom. The Labute approximate surface area is 109 Å². The second-order valence-electron chi connectivity index (χ2n) is 3.67. The number of halogens is 4. The zero-order valence-electron chi connectivity index (χ0n) is 9.44. The molecule has 3 N–H and O–H groups in total. The van der Waals surface area contributed by atoms with Crippen molar-refractivity contribution in [1.82, 2.24) is 15.2 Å². The van der Waals surface area contributed by atoms with Crippen LogP contribution in [0.2, 0.25) is 0 Å². The smallest absolute Gasteiger partial charge is 0.248 e. The Balaban J connectivity index is 2.57. The van der Waals surface area contributed by atoms with Gasteiger partial charge in [0.1, 0.15) is 5.82 Å². The molecule has 6 nitrogen and oxygen atoms in total. The number of nitrogens with zero attached hydrogens (tertiary/aromatic N) is 2. The van der Waals surface area contributed by atoms with Gasteiger partial charge in [-0.1, -0.05) is 6.07 Å². The summed E-state index contributed by atoms with van der Waals surface area (Å²) >= 11 is 0. The first-order valence-corrected chi connectivity index (χ1v) is 6.46. The number of primary sulfonamides is 1. The first-order valence-electron chi connectivity index (χ1n) is 4.92. The van der Waals surface area contributed by atoms with Crippen LogP contribution in [0.15, 0.2) is 23.4 Å². The van der Waals surface area contributed by atoms with Crippen LogP contribution in [0.4, 0.5) is 17.6 Å². The zero-order chi connectivity index (χ0) is 15.1. The SMILES string of the molecule is NS(=O)(=O)c1nc(-c2cccc(C(F)(F)F)c2F)n[nH]1. The van der Waals surface area contributed by atoms with Crippen LogP contribution in [0.3, 0.4) is 0 Å². The van der Waals surface area contributed by atoms with E-state index in [2.05, 4.69) is 10.1 Å². The molecule has 0 aliphatic carbocycles. The maximum Gasteiger partial charge on any atom is 0.419 e. The molecule has 1 aromatic heterocycles. The van der Waals surface area contributed by atoms with Gasteiger partial charge >= 0.3 is 6.18 Å². The summed E-state index contributed by atoms with van der Waals surface area (Å²) in [4.78, 5) is 3.35. The highest BCUT2D eigenvalue weighted by molar-refractivity contribution is 7.89. The monoisotopic (exact) mass is 310 g/mol. The largest absolute Gasteiger partial charge is 0.419 e. The van der Waals surface area contributed by atoms with E-state index in [4.69, 9.17) is 5.14 Å². The van der Waals surface area contributed by atoms with E-state index in [-0.39, 0.29) is 0 Å². The van der Waals surface area contributed by atoms with E-state index < -0.39 is 44.1 Å². The number of alkyl halides is 3. The Bertz CT molecular complexity index is 754. The summed E-state index contributed by atoms with van der Waals surface area (Å²) < 4.78 is 73.3. The van der Waals surface area contributed by atoms with E-state index in [1.54, 1.807) is 0 Å². The van der Waals surface area contributed by atoms with Crippen molar-refractivity contribution in [2.24, 2.45) is 5.14 Å². The Morgan fingerprint density at radius 3 is 2.40 bits per heavy atom. The summed E-state index contributed by atoms with van der Waals surface area (Å²) in [5.41, 5.74) is -2.09. The van der Waals surface area contributed by atoms with Gasteiger partial charge in [-0.3, -0.25) is 0 Å². The van der Waals surface area contributed by atoms with Crippen LogP contribution in [0.25, 0.3) is 11.4 Å². The van der Waals surface area contributed by atoms with Gasteiger partial charge in [-0.25, -0.2) is 23.0 Å². The standard InChI is InChI=1S/C9H6F4N4O2S/c10-6-4(2-1-3-5(6)9(11,12)13)7-15-8(17-16-7)20(14,18)19/h1-3H,(H2,14,18,19)(H,15,16,17). The van der Waals surface area contributed by atoms with Crippen molar-refractivity contribution in [2.75, 3.05) is 0 Å². The van der Waals surface area contributed by atoms with Crippen molar-refractivity contribution >= 4 is 10.0 Å². The summed E-state index contributed by atoms with van der Waals surface area (Å²) in [6.45, 7) is 0. The fourth-order valence-electron chi connectivity index (χ4n) is 1.42. The number of H-pyrrole nitrogens is 1. The van der Waals surface area contributed by atoms with Crippen LogP contribution < -0.4 is 5.14 Å². The lowest BCUT2D eigenvalue weighted by Crippen LogP contribution is -2.13. The van der Waals surface area contributed by atoms with E-state index in [1.165, 1.54) is 0 Å². The molecule has 108 valence electrons. The van der Waals surface area contributed by atoms with Crippen molar-refractivity contribution < 1.29 is 26.0 Å². The topological polar surface area (TPSA) is 102 Å². The average molecular weight is 310 g/mol. The molecule has 0 aliphatic rings. The zero-order valence-corrected chi connectivity index (χ0v) is 10.3. The lowest BCUT2D eigenvalue weighted by Gasteiger charge is -2.09. The van der Waals surface area contributed by atoms with Gasteiger partial charge in [-0.15, -0.1) is 0 Å². The summed E-state index contributed by atoms with van der Waals surface area (Å²) in [7, 11) is -4.22. The van der Waals surface area contributed by atoms with E-state index in [9.17, 15) is 26.0 Å². The molecule has 0 saturated carbocycles. The van der Waals surface area contributed by atoms with E-state index in [1.807, 2.05) is 5.10 Å². The second-order valence-corrected chi connectivity index (χ2v) is 5.15. The van der Waals surface area contributed by atoms with Crippen LogP contribution >= 0.6 is 0 Å². The highest BCUT2D eigenvalue weighted by Gasteiger charge is 2.35. The van der Waals surface area contributed by atoms with Crippen molar-refractivity contribution in [3.8, 4) is 11.4 Å². The molecule has 1 aromatic carbocycles. The van der Waals surface area contributed by atoms with E-state index in [0.29, 0.717) is 6.07 Å². The van der Waals surface area contributed by atoms with Gasteiger partial charge in [0.15, 0.2) is 5.82 Å². The van der Waals surface area contributed by atoms with Crippen LogP contribution in [-0.4, -0.2) is 23.6 Å². The van der Waals surface area contributed by atoms with Gasteiger partial charge in [0.25, 0.3) is 15.2 Å². The second kappa shape index (κ2) is 4.52. The molecule has 11 heteroatoms. The molecule has 20 heavy (non-hydrogen) atoms. The van der Waals surface area contributed by atoms with Crippen molar-refractivity contribution in [3.63, 3.8) is 0 Å². The maximum atomic E-state index is 13.8. The number of nitrogens with one attached hydrogen (secondary N) is 1. The lowest BCUT2D eigenvalue weighted by atomic mass is 10.1. The minimum absolute atomic E-state index is 0.544. The highest BCUT2D eigenvalue weighted by Crippen LogP contribution is 2.34. The van der Waals surface area contributed by atoms with Crippen molar-refractivity contribution in [1.29, 1.82) is 0 Å².